The van der Waals surface area contributed by atoms with Crippen LogP contribution in [0.3, 0.4) is 0 Å². The SMILES string of the molecule is O[C@@H]1C[C@@H](CN[C@H]2CCCSC2)N(Cc2ccccc2)C1. The van der Waals surface area contributed by atoms with Gasteiger partial charge in [-0.15, -0.1) is 0 Å². The number of hydrogen-bond donors (Lipinski definition) is 2. The lowest BCUT2D eigenvalue weighted by Crippen LogP contribution is -2.43. The zero-order valence-corrected chi connectivity index (χ0v) is 13.4. The third-order valence-electron chi connectivity index (χ3n) is 4.54. The molecule has 0 amide bonds. The molecule has 3 atom stereocenters. The number of nitrogens with one attached hydrogen (secondary N) is 1. The molecule has 0 radical (unpaired) electrons. The Hall–Kier alpha value is -0.550. The van der Waals surface area contributed by atoms with Gasteiger partial charge in [-0.05, 0) is 30.6 Å². The highest BCUT2D eigenvalue weighted by molar-refractivity contribution is 7.99. The molecule has 2 N–H and O–H groups in total. The van der Waals surface area contributed by atoms with E-state index in [0.29, 0.717) is 12.1 Å². The topological polar surface area (TPSA) is 35.5 Å². The lowest BCUT2D eigenvalue weighted by molar-refractivity contribution is 0.172. The standard InChI is InChI=1S/C17H26N2OS/c20-17-9-16(10-18-15-7-4-8-21-13-15)19(12-17)11-14-5-2-1-3-6-14/h1-3,5-6,15-18,20H,4,7-13H2/t15-,16-,17+/m0/s1. The molecule has 0 spiro atoms. The Kier molecular flexibility index (Phi) is 5.58. The summed E-state index contributed by atoms with van der Waals surface area (Å²) in [6.07, 6.45) is 3.38. The van der Waals surface area contributed by atoms with Crippen LogP contribution in [-0.4, -0.2) is 52.8 Å². The van der Waals surface area contributed by atoms with Crippen LogP contribution in [0.1, 0.15) is 24.8 Å². The molecule has 2 aliphatic rings. The second-order valence-corrected chi connectivity index (χ2v) is 7.43. The predicted molar refractivity (Wildman–Crippen MR) is 89.6 cm³/mol. The van der Waals surface area contributed by atoms with Crippen LogP contribution >= 0.6 is 11.8 Å². The maximum Gasteiger partial charge on any atom is 0.0682 e. The van der Waals surface area contributed by atoms with Crippen molar-refractivity contribution in [3.05, 3.63) is 35.9 Å². The maximum absolute atomic E-state index is 10.0. The summed E-state index contributed by atoms with van der Waals surface area (Å²) in [6, 6.07) is 11.7. The number of hydrogen-bond acceptors (Lipinski definition) is 4. The van der Waals surface area contributed by atoms with Crippen LogP contribution in [0.25, 0.3) is 0 Å². The Morgan fingerprint density at radius 3 is 2.90 bits per heavy atom. The van der Waals surface area contributed by atoms with Crippen LogP contribution in [0.5, 0.6) is 0 Å². The number of thioether (sulfide) groups is 1. The van der Waals surface area contributed by atoms with E-state index in [1.54, 1.807) is 0 Å². The van der Waals surface area contributed by atoms with E-state index in [2.05, 4.69) is 52.3 Å². The van der Waals surface area contributed by atoms with Crippen LogP contribution < -0.4 is 5.32 Å². The van der Waals surface area contributed by atoms with Crippen molar-refractivity contribution in [3.63, 3.8) is 0 Å². The number of aliphatic hydroxyl groups excluding tert-OH is 1. The Labute approximate surface area is 132 Å². The molecule has 116 valence electrons. The number of likely N-dealkylation sites (tertiary alicyclic amines) is 1. The Morgan fingerprint density at radius 2 is 2.14 bits per heavy atom. The second-order valence-electron chi connectivity index (χ2n) is 6.28. The van der Waals surface area contributed by atoms with Crippen molar-refractivity contribution in [1.29, 1.82) is 0 Å². The molecule has 0 saturated carbocycles. The summed E-state index contributed by atoms with van der Waals surface area (Å²) < 4.78 is 0. The summed E-state index contributed by atoms with van der Waals surface area (Å²) >= 11 is 2.06. The number of benzene rings is 1. The molecule has 2 heterocycles. The number of rotatable bonds is 5. The highest BCUT2D eigenvalue weighted by Gasteiger charge is 2.31. The molecular weight excluding hydrogens is 280 g/mol. The van der Waals surface area contributed by atoms with E-state index in [1.165, 1.54) is 29.9 Å². The molecule has 3 rings (SSSR count). The average molecular weight is 306 g/mol. The molecule has 21 heavy (non-hydrogen) atoms. The van der Waals surface area contributed by atoms with Gasteiger partial charge in [-0.1, -0.05) is 30.3 Å². The van der Waals surface area contributed by atoms with Gasteiger partial charge in [-0.3, -0.25) is 4.90 Å². The molecular formula is C17H26N2OS. The first-order valence-corrected chi connectivity index (χ1v) is 9.24. The Balaban J connectivity index is 1.52. The lowest BCUT2D eigenvalue weighted by Gasteiger charge is -2.28. The van der Waals surface area contributed by atoms with Gasteiger partial charge in [-0.2, -0.15) is 11.8 Å². The van der Waals surface area contributed by atoms with Crippen molar-refractivity contribution in [2.24, 2.45) is 0 Å². The van der Waals surface area contributed by atoms with E-state index in [9.17, 15) is 5.11 Å². The fraction of sp³-hybridized carbons (Fsp3) is 0.647. The molecule has 0 aromatic heterocycles. The fourth-order valence-electron chi connectivity index (χ4n) is 3.39. The van der Waals surface area contributed by atoms with Crippen molar-refractivity contribution in [1.82, 2.24) is 10.2 Å². The minimum absolute atomic E-state index is 0.166. The first-order valence-electron chi connectivity index (χ1n) is 8.08. The molecule has 1 aromatic rings. The van der Waals surface area contributed by atoms with Gasteiger partial charge in [0, 0.05) is 37.5 Å². The van der Waals surface area contributed by atoms with E-state index in [0.717, 1.165) is 26.1 Å². The van der Waals surface area contributed by atoms with Crippen LogP contribution in [-0.2, 0) is 6.54 Å². The first kappa shape index (κ1) is 15.3. The van der Waals surface area contributed by atoms with Gasteiger partial charge < -0.3 is 10.4 Å². The summed E-state index contributed by atoms with van der Waals surface area (Å²) in [6.45, 7) is 2.76. The van der Waals surface area contributed by atoms with Crippen LogP contribution in [0, 0.1) is 0 Å². The third kappa shape index (κ3) is 4.46. The second kappa shape index (κ2) is 7.63. The summed E-state index contributed by atoms with van der Waals surface area (Å²) in [5, 5.41) is 13.7. The molecule has 1 aromatic carbocycles. The highest BCUT2D eigenvalue weighted by Crippen LogP contribution is 2.22. The zero-order chi connectivity index (χ0) is 14.5. The van der Waals surface area contributed by atoms with Gasteiger partial charge in [0.25, 0.3) is 0 Å². The lowest BCUT2D eigenvalue weighted by atomic mass is 10.1. The molecule has 0 bridgehead atoms. The quantitative estimate of drug-likeness (QED) is 0.873. The van der Waals surface area contributed by atoms with Gasteiger partial charge in [0.05, 0.1) is 6.10 Å². The van der Waals surface area contributed by atoms with Gasteiger partial charge >= 0.3 is 0 Å². The number of β-amino-alcohol motifs (C(OH)–C–C–N with tert-alkyl or cyclic N) is 1. The monoisotopic (exact) mass is 306 g/mol. The van der Waals surface area contributed by atoms with Crippen LogP contribution in [0.15, 0.2) is 30.3 Å². The third-order valence-corrected chi connectivity index (χ3v) is 5.75. The maximum atomic E-state index is 10.0. The van der Waals surface area contributed by atoms with Crippen LogP contribution in [0.4, 0.5) is 0 Å². The summed E-state index contributed by atoms with van der Waals surface area (Å²) in [4.78, 5) is 2.43. The number of nitrogens with zero attached hydrogens (tertiary/aromatic N) is 1. The summed E-state index contributed by atoms with van der Waals surface area (Å²) in [7, 11) is 0. The van der Waals surface area contributed by atoms with Gasteiger partial charge in [0.15, 0.2) is 0 Å². The van der Waals surface area contributed by atoms with Gasteiger partial charge in [0.1, 0.15) is 0 Å². The van der Waals surface area contributed by atoms with Crippen molar-refractivity contribution in [3.8, 4) is 0 Å². The van der Waals surface area contributed by atoms with E-state index < -0.39 is 0 Å². The molecule has 3 nitrogen and oxygen atoms in total. The molecule has 2 fully saturated rings. The fourth-order valence-corrected chi connectivity index (χ4v) is 4.49. The predicted octanol–water partition coefficient (Wildman–Crippen LogP) is 2.11. The first-order chi connectivity index (χ1) is 10.3. The molecule has 2 aliphatic heterocycles. The van der Waals surface area contributed by atoms with Crippen molar-refractivity contribution < 1.29 is 5.11 Å². The van der Waals surface area contributed by atoms with E-state index in [4.69, 9.17) is 0 Å². The van der Waals surface area contributed by atoms with Gasteiger partial charge in [-0.25, -0.2) is 0 Å². The van der Waals surface area contributed by atoms with E-state index >= 15 is 0 Å². The molecule has 0 unspecified atom stereocenters. The average Bonchev–Trinajstić information content (AvgIpc) is 2.87. The minimum atomic E-state index is -0.166. The van der Waals surface area contributed by atoms with Crippen molar-refractivity contribution >= 4 is 11.8 Å². The van der Waals surface area contributed by atoms with Crippen LogP contribution in [0.2, 0.25) is 0 Å². The van der Waals surface area contributed by atoms with Crippen molar-refractivity contribution in [2.45, 2.75) is 44.0 Å². The summed E-state index contributed by atoms with van der Waals surface area (Å²) in [5.74, 6) is 2.56. The summed E-state index contributed by atoms with van der Waals surface area (Å²) in [5.41, 5.74) is 1.34. The molecule has 0 aliphatic carbocycles. The Morgan fingerprint density at radius 1 is 1.29 bits per heavy atom. The minimum Gasteiger partial charge on any atom is -0.392 e. The Bertz CT molecular complexity index is 422. The number of aliphatic hydroxyl groups is 1. The van der Waals surface area contributed by atoms with Crippen molar-refractivity contribution in [2.75, 3.05) is 24.6 Å². The molecule has 4 heteroatoms. The smallest absolute Gasteiger partial charge is 0.0682 e. The normalized spacial score (nSPS) is 30.6. The molecule has 2 saturated heterocycles. The van der Waals surface area contributed by atoms with Gasteiger partial charge in [0.2, 0.25) is 0 Å². The largest absolute Gasteiger partial charge is 0.392 e. The van der Waals surface area contributed by atoms with E-state index in [1.807, 2.05) is 0 Å². The highest BCUT2D eigenvalue weighted by atomic mass is 32.2. The van der Waals surface area contributed by atoms with E-state index in [-0.39, 0.29) is 6.10 Å². The zero-order valence-electron chi connectivity index (χ0n) is 12.6.